The molecule has 0 heterocycles. The van der Waals surface area contributed by atoms with Crippen LogP contribution in [0.15, 0.2) is 24.3 Å². The first-order valence-electron chi connectivity index (χ1n) is 6.61. The summed E-state index contributed by atoms with van der Waals surface area (Å²) in [5.74, 6) is -1.39. The highest BCUT2D eigenvalue weighted by molar-refractivity contribution is 6.31. The first-order valence-corrected chi connectivity index (χ1v) is 6.99. The van der Waals surface area contributed by atoms with Gasteiger partial charge in [0, 0.05) is 17.6 Å². The average Bonchev–Trinajstić information content (AvgIpc) is 2.46. The van der Waals surface area contributed by atoms with Crippen LogP contribution in [0.4, 0.5) is 4.79 Å². The van der Waals surface area contributed by atoms with Crippen LogP contribution < -0.4 is 10.6 Å². The van der Waals surface area contributed by atoms with E-state index in [2.05, 4.69) is 5.32 Å². The first kappa shape index (κ1) is 17.7. The van der Waals surface area contributed by atoms with Crippen molar-refractivity contribution in [2.45, 2.75) is 13.8 Å². The van der Waals surface area contributed by atoms with Gasteiger partial charge in [-0.3, -0.25) is 10.1 Å². The molecule has 22 heavy (non-hydrogen) atoms. The molecule has 0 saturated carbocycles. The van der Waals surface area contributed by atoms with E-state index < -0.39 is 24.5 Å². The van der Waals surface area contributed by atoms with E-state index in [-0.39, 0.29) is 0 Å². The molecular weight excluding hydrogens is 308 g/mol. The Balaban J connectivity index is 2.42. The summed E-state index contributed by atoms with van der Waals surface area (Å²) in [5.41, 5.74) is 1.67. The lowest BCUT2D eigenvalue weighted by Gasteiger charge is -2.04. The molecule has 0 fully saturated rings. The number of urea groups is 1. The van der Waals surface area contributed by atoms with Crippen molar-refractivity contribution >= 4 is 35.6 Å². The van der Waals surface area contributed by atoms with E-state index >= 15 is 0 Å². The smallest absolute Gasteiger partial charge is 0.331 e. The molecule has 0 radical (unpaired) electrons. The molecule has 3 amide bonds. The van der Waals surface area contributed by atoms with Crippen molar-refractivity contribution in [2.75, 3.05) is 13.2 Å². The third kappa shape index (κ3) is 6.41. The molecule has 2 N–H and O–H groups in total. The second-order valence-electron chi connectivity index (χ2n) is 4.36. The zero-order chi connectivity index (χ0) is 16.5. The largest absolute Gasteiger partial charge is 0.452 e. The lowest BCUT2D eigenvalue weighted by molar-refractivity contribution is -0.143. The number of carbonyl (C=O) groups is 3. The van der Waals surface area contributed by atoms with Crippen molar-refractivity contribution in [3.05, 3.63) is 40.4 Å². The second kappa shape index (κ2) is 8.84. The van der Waals surface area contributed by atoms with Crippen molar-refractivity contribution in [2.24, 2.45) is 0 Å². The van der Waals surface area contributed by atoms with E-state index in [0.29, 0.717) is 11.6 Å². The topological polar surface area (TPSA) is 84.5 Å². The highest BCUT2D eigenvalue weighted by Crippen LogP contribution is 2.17. The van der Waals surface area contributed by atoms with Crippen molar-refractivity contribution in [1.29, 1.82) is 0 Å². The van der Waals surface area contributed by atoms with Crippen LogP contribution in [-0.4, -0.2) is 31.1 Å². The Labute approximate surface area is 133 Å². The number of aryl methyl sites for hydroxylation is 1. The Morgan fingerprint density at radius 1 is 1.32 bits per heavy atom. The summed E-state index contributed by atoms with van der Waals surface area (Å²) in [7, 11) is 0. The van der Waals surface area contributed by atoms with Crippen molar-refractivity contribution in [1.82, 2.24) is 10.6 Å². The Hall–Kier alpha value is -2.34. The number of hydrogen-bond donors (Lipinski definition) is 2. The van der Waals surface area contributed by atoms with Crippen molar-refractivity contribution < 1.29 is 19.1 Å². The third-order valence-corrected chi connectivity index (χ3v) is 2.95. The van der Waals surface area contributed by atoms with Crippen LogP contribution >= 0.6 is 11.6 Å². The molecule has 0 spiro atoms. The van der Waals surface area contributed by atoms with Gasteiger partial charge in [0.2, 0.25) is 0 Å². The van der Waals surface area contributed by atoms with Gasteiger partial charge in [-0.2, -0.15) is 0 Å². The summed E-state index contributed by atoms with van der Waals surface area (Å²) >= 11 is 5.97. The molecule has 0 aliphatic rings. The number of imide groups is 1. The highest BCUT2D eigenvalue weighted by Gasteiger charge is 2.08. The zero-order valence-electron chi connectivity index (χ0n) is 12.3. The summed E-state index contributed by atoms with van der Waals surface area (Å²) in [6, 6.07) is 4.70. The minimum absolute atomic E-state index is 0.390. The van der Waals surface area contributed by atoms with Crippen molar-refractivity contribution in [3.63, 3.8) is 0 Å². The van der Waals surface area contributed by atoms with Crippen molar-refractivity contribution in [3.8, 4) is 0 Å². The van der Waals surface area contributed by atoms with Crippen LogP contribution in [0.1, 0.15) is 18.1 Å². The monoisotopic (exact) mass is 324 g/mol. The quantitative estimate of drug-likeness (QED) is 0.641. The molecule has 1 aromatic carbocycles. The Bertz CT molecular complexity index is 599. The van der Waals surface area contributed by atoms with Gasteiger partial charge >= 0.3 is 12.0 Å². The van der Waals surface area contributed by atoms with Gasteiger partial charge < -0.3 is 10.1 Å². The van der Waals surface area contributed by atoms with E-state index in [1.807, 2.05) is 18.3 Å². The first-order chi connectivity index (χ1) is 10.4. The number of halogens is 1. The van der Waals surface area contributed by atoms with Gasteiger partial charge in [-0.15, -0.1) is 0 Å². The summed E-state index contributed by atoms with van der Waals surface area (Å²) < 4.78 is 4.71. The Morgan fingerprint density at radius 3 is 2.68 bits per heavy atom. The predicted molar refractivity (Wildman–Crippen MR) is 83.4 cm³/mol. The van der Waals surface area contributed by atoms with E-state index in [9.17, 15) is 14.4 Å². The van der Waals surface area contributed by atoms with Crippen LogP contribution in [0.5, 0.6) is 0 Å². The molecule has 7 heteroatoms. The number of benzene rings is 1. The van der Waals surface area contributed by atoms with Gasteiger partial charge in [-0.05, 0) is 37.1 Å². The fraction of sp³-hybridized carbons (Fsp3) is 0.267. The highest BCUT2D eigenvalue weighted by atomic mass is 35.5. The molecular formula is C15H17ClN2O4. The molecule has 1 rings (SSSR count). The minimum atomic E-state index is -0.703. The van der Waals surface area contributed by atoms with E-state index in [1.54, 1.807) is 19.1 Å². The molecule has 118 valence electrons. The lowest BCUT2D eigenvalue weighted by atomic mass is 10.1. The molecule has 6 nitrogen and oxygen atoms in total. The zero-order valence-corrected chi connectivity index (χ0v) is 13.1. The molecule has 0 atom stereocenters. The number of ether oxygens (including phenoxy) is 1. The van der Waals surface area contributed by atoms with Crippen LogP contribution in [0.25, 0.3) is 6.08 Å². The normalized spacial score (nSPS) is 10.3. The second-order valence-corrected chi connectivity index (χ2v) is 4.76. The van der Waals surface area contributed by atoms with Crippen LogP contribution in [0, 0.1) is 6.92 Å². The van der Waals surface area contributed by atoms with Gasteiger partial charge in [-0.25, -0.2) is 9.59 Å². The molecule has 0 unspecified atom stereocenters. The number of nitrogens with one attached hydrogen (secondary N) is 2. The third-order valence-electron chi connectivity index (χ3n) is 2.54. The molecule has 0 saturated heterocycles. The maximum Gasteiger partial charge on any atom is 0.331 e. The summed E-state index contributed by atoms with van der Waals surface area (Å²) in [4.78, 5) is 33.8. The van der Waals surface area contributed by atoms with Crippen LogP contribution in [0.3, 0.4) is 0 Å². The molecule has 0 aromatic heterocycles. The standard InChI is InChI=1S/C15H17ClN2O4/c1-3-17-15(21)18-13(19)9-22-14(20)7-6-11-5-4-10(2)12(16)8-11/h4-8H,3,9H2,1-2H3,(H2,17,18,19,21)/b7-6+. The Kier molecular flexibility index (Phi) is 7.12. The van der Waals surface area contributed by atoms with E-state index in [1.165, 1.54) is 12.2 Å². The molecule has 0 bridgehead atoms. The average molecular weight is 325 g/mol. The number of rotatable bonds is 5. The van der Waals surface area contributed by atoms with Gasteiger partial charge in [0.1, 0.15) is 0 Å². The maximum atomic E-state index is 11.5. The number of carbonyl (C=O) groups excluding carboxylic acids is 3. The number of esters is 1. The lowest BCUT2D eigenvalue weighted by Crippen LogP contribution is -2.41. The van der Waals surface area contributed by atoms with Gasteiger partial charge in [0.05, 0.1) is 0 Å². The van der Waals surface area contributed by atoms with Crippen LogP contribution in [-0.2, 0) is 14.3 Å². The Morgan fingerprint density at radius 2 is 2.05 bits per heavy atom. The summed E-state index contributed by atoms with van der Waals surface area (Å²) in [6.07, 6.45) is 2.70. The number of amides is 3. The van der Waals surface area contributed by atoms with Gasteiger partial charge in [0.25, 0.3) is 5.91 Å². The van der Waals surface area contributed by atoms with Gasteiger partial charge in [0.15, 0.2) is 6.61 Å². The fourth-order valence-electron chi connectivity index (χ4n) is 1.43. The predicted octanol–water partition coefficient (Wildman–Crippen LogP) is 2.05. The molecule has 0 aliphatic heterocycles. The summed E-state index contributed by atoms with van der Waals surface area (Å²) in [6.45, 7) is 3.44. The fourth-order valence-corrected chi connectivity index (χ4v) is 1.62. The molecule has 0 aliphatic carbocycles. The number of hydrogen-bond acceptors (Lipinski definition) is 4. The van der Waals surface area contributed by atoms with E-state index in [4.69, 9.17) is 16.3 Å². The van der Waals surface area contributed by atoms with E-state index in [0.717, 1.165) is 11.1 Å². The maximum absolute atomic E-state index is 11.5. The summed E-state index contributed by atoms with van der Waals surface area (Å²) in [5, 5.41) is 4.99. The molecule has 1 aromatic rings. The van der Waals surface area contributed by atoms with Gasteiger partial charge in [-0.1, -0.05) is 23.7 Å². The van der Waals surface area contributed by atoms with Crippen LogP contribution in [0.2, 0.25) is 5.02 Å². The SMILES string of the molecule is CCNC(=O)NC(=O)COC(=O)/C=C/c1ccc(C)c(Cl)c1. The minimum Gasteiger partial charge on any atom is -0.452 e.